The first-order valence-electron chi connectivity index (χ1n) is 10.8. The molecule has 0 spiro atoms. The molecule has 178 valence electrons. The molecular formula is C25H31FN2O5. The van der Waals surface area contributed by atoms with Gasteiger partial charge in [-0.3, -0.25) is 9.69 Å². The molecule has 1 saturated heterocycles. The Morgan fingerprint density at radius 3 is 2.33 bits per heavy atom. The fourth-order valence-electron chi connectivity index (χ4n) is 4.94. The highest BCUT2D eigenvalue weighted by Crippen LogP contribution is 2.53. The molecule has 3 rings (SSSR count). The number of likely N-dealkylation sites (tertiary alicyclic amines) is 1. The van der Waals surface area contributed by atoms with E-state index >= 15 is 0 Å². The van der Waals surface area contributed by atoms with Gasteiger partial charge in [0.05, 0.1) is 12.6 Å². The first-order chi connectivity index (χ1) is 15.5. The molecule has 2 aromatic carbocycles. The van der Waals surface area contributed by atoms with Crippen LogP contribution in [0.15, 0.2) is 48.5 Å². The van der Waals surface area contributed by atoms with Crippen molar-refractivity contribution in [3.8, 4) is 5.75 Å². The van der Waals surface area contributed by atoms with Crippen molar-refractivity contribution >= 4 is 12.0 Å². The number of carboxylic acid groups (broad SMARTS) is 1. The fourth-order valence-corrected chi connectivity index (χ4v) is 4.94. The van der Waals surface area contributed by atoms with Gasteiger partial charge in [-0.1, -0.05) is 51.1 Å². The van der Waals surface area contributed by atoms with Crippen molar-refractivity contribution in [2.24, 2.45) is 17.1 Å². The maximum atomic E-state index is 13.8. The first-order valence-corrected chi connectivity index (χ1v) is 10.8. The maximum Gasteiger partial charge on any atom is 0.408 e. The summed E-state index contributed by atoms with van der Waals surface area (Å²) >= 11 is 0. The van der Waals surface area contributed by atoms with Crippen molar-refractivity contribution in [3.63, 3.8) is 0 Å². The van der Waals surface area contributed by atoms with E-state index in [1.165, 1.54) is 13.2 Å². The lowest BCUT2D eigenvalue weighted by Crippen LogP contribution is -2.64. The molecule has 2 aromatic rings. The van der Waals surface area contributed by atoms with E-state index in [0.717, 1.165) is 4.90 Å². The zero-order valence-corrected chi connectivity index (χ0v) is 19.4. The summed E-state index contributed by atoms with van der Waals surface area (Å²) < 4.78 is 24.8. The standard InChI is InChI=1S/C25H31FN2O5/c1-24(2,3)21-13-20(28(23(30)31)25(21,15-32-4)22(27)29)16-9-11-18(12-10-16)33-14-17-7-5-6-8-19(17)26/h5-12,20-21H,13-15H2,1-4H3,(H2,27,29)(H,30,31)/t20-,21?,25+/m1/s1. The van der Waals surface area contributed by atoms with E-state index in [2.05, 4.69) is 0 Å². The summed E-state index contributed by atoms with van der Waals surface area (Å²) in [5.41, 5.74) is 5.08. The van der Waals surface area contributed by atoms with Gasteiger partial charge in [0.2, 0.25) is 5.91 Å². The molecule has 1 aliphatic rings. The smallest absolute Gasteiger partial charge is 0.408 e. The molecule has 33 heavy (non-hydrogen) atoms. The molecule has 7 nitrogen and oxygen atoms in total. The number of hydrogen-bond donors (Lipinski definition) is 2. The van der Waals surface area contributed by atoms with Crippen LogP contribution in [0.4, 0.5) is 9.18 Å². The second kappa shape index (κ2) is 9.39. The summed E-state index contributed by atoms with van der Waals surface area (Å²) in [6.45, 7) is 5.84. The third-order valence-electron chi connectivity index (χ3n) is 6.44. The van der Waals surface area contributed by atoms with Crippen LogP contribution < -0.4 is 10.5 Å². The molecule has 1 unspecified atom stereocenters. The van der Waals surface area contributed by atoms with Gasteiger partial charge in [-0.2, -0.15) is 0 Å². The van der Waals surface area contributed by atoms with Crippen LogP contribution in [0.5, 0.6) is 5.75 Å². The lowest BCUT2D eigenvalue weighted by atomic mass is 9.68. The van der Waals surface area contributed by atoms with Gasteiger partial charge in [0.15, 0.2) is 5.54 Å². The van der Waals surface area contributed by atoms with Gasteiger partial charge in [0.1, 0.15) is 18.2 Å². The maximum absolute atomic E-state index is 13.8. The topological polar surface area (TPSA) is 102 Å². The van der Waals surface area contributed by atoms with E-state index < -0.39 is 29.0 Å². The van der Waals surface area contributed by atoms with Crippen LogP contribution in [0.3, 0.4) is 0 Å². The molecular weight excluding hydrogens is 427 g/mol. The van der Waals surface area contributed by atoms with Gasteiger partial charge in [-0.15, -0.1) is 0 Å². The number of carbonyl (C=O) groups is 2. The molecule has 0 bridgehead atoms. The van der Waals surface area contributed by atoms with Gasteiger partial charge < -0.3 is 20.3 Å². The van der Waals surface area contributed by atoms with Crippen LogP contribution in [-0.2, 0) is 16.1 Å². The van der Waals surface area contributed by atoms with E-state index in [4.69, 9.17) is 15.2 Å². The molecule has 3 atom stereocenters. The highest BCUT2D eigenvalue weighted by Gasteiger charge is 2.62. The van der Waals surface area contributed by atoms with Crippen LogP contribution in [0, 0.1) is 17.2 Å². The summed E-state index contributed by atoms with van der Waals surface area (Å²) in [5, 5.41) is 10.1. The van der Waals surface area contributed by atoms with E-state index in [1.54, 1.807) is 42.5 Å². The molecule has 1 aliphatic heterocycles. The Bertz CT molecular complexity index is 1000. The Labute approximate surface area is 193 Å². The van der Waals surface area contributed by atoms with Crippen molar-refractivity contribution in [2.45, 2.75) is 45.4 Å². The molecule has 2 amide bonds. The third kappa shape index (κ3) is 4.66. The van der Waals surface area contributed by atoms with Crippen LogP contribution in [0.1, 0.15) is 44.4 Å². The highest BCUT2D eigenvalue weighted by molar-refractivity contribution is 5.90. The average Bonchev–Trinajstić information content (AvgIpc) is 3.11. The predicted octanol–water partition coefficient (Wildman–Crippen LogP) is 4.36. The lowest BCUT2D eigenvalue weighted by Gasteiger charge is -2.43. The quantitative estimate of drug-likeness (QED) is 0.642. The van der Waals surface area contributed by atoms with Crippen LogP contribution in [-0.4, -0.2) is 41.3 Å². The number of halogens is 1. The van der Waals surface area contributed by atoms with Crippen molar-refractivity contribution in [1.29, 1.82) is 0 Å². The normalized spacial score (nSPS) is 22.9. The fraction of sp³-hybridized carbons (Fsp3) is 0.440. The number of nitrogens with two attached hydrogens (primary N) is 1. The minimum atomic E-state index is -1.50. The second-order valence-corrected chi connectivity index (χ2v) is 9.49. The zero-order valence-electron chi connectivity index (χ0n) is 19.4. The number of methoxy groups -OCH3 is 1. The summed E-state index contributed by atoms with van der Waals surface area (Å²) in [6, 6.07) is 12.7. The van der Waals surface area contributed by atoms with Crippen molar-refractivity contribution in [3.05, 3.63) is 65.5 Å². The summed E-state index contributed by atoms with van der Waals surface area (Å²) in [7, 11) is 1.43. The Kier molecular flexibility index (Phi) is 6.97. The minimum absolute atomic E-state index is 0.0709. The second-order valence-electron chi connectivity index (χ2n) is 9.49. The number of ether oxygens (including phenoxy) is 2. The molecule has 3 N–H and O–H groups in total. The first kappa shape index (κ1) is 24.5. The van der Waals surface area contributed by atoms with Crippen LogP contribution >= 0.6 is 0 Å². The SMILES string of the molecule is COC[C@@]1(C(N)=O)C(C(C)(C)C)C[C@H](c2ccc(OCc3ccccc3F)cc2)N1C(=O)O. The van der Waals surface area contributed by atoms with Crippen LogP contribution in [0.25, 0.3) is 0 Å². The Balaban J connectivity index is 1.91. The van der Waals surface area contributed by atoms with Crippen molar-refractivity contribution in [2.75, 3.05) is 13.7 Å². The molecule has 0 aromatic heterocycles. The predicted molar refractivity (Wildman–Crippen MR) is 121 cm³/mol. The molecule has 8 heteroatoms. The van der Waals surface area contributed by atoms with Gasteiger partial charge in [-0.25, -0.2) is 9.18 Å². The molecule has 0 radical (unpaired) electrons. The van der Waals surface area contributed by atoms with E-state index in [9.17, 15) is 19.1 Å². The van der Waals surface area contributed by atoms with E-state index in [0.29, 0.717) is 23.3 Å². The summed E-state index contributed by atoms with van der Waals surface area (Å²) in [6.07, 6.45) is -0.820. The van der Waals surface area contributed by atoms with E-state index in [1.807, 2.05) is 20.8 Å². The summed E-state index contributed by atoms with van der Waals surface area (Å²) in [4.78, 5) is 26.3. The van der Waals surface area contributed by atoms with Gasteiger partial charge >= 0.3 is 6.09 Å². The highest BCUT2D eigenvalue weighted by atomic mass is 19.1. The molecule has 1 fully saturated rings. The monoisotopic (exact) mass is 458 g/mol. The molecule has 1 heterocycles. The van der Waals surface area contributed by atoms with Crippen LogP contribution in [0.2, 0.25) is 0 Å². The van der Waals surface area contributed by atoms with Gasteiger partial charge in [0.25, 0.3) is 0 Å². The average molecular weight is 459 g/mol. The Morgan fingerprint density at radius 2 is 1.82 bits per heavy atom. The van der Waals surface area contributed by atoms with Gasteiger partial charge in [-0.05, 0) is 35.6 Å². The number of carbonyl (C=O) groups excluding carboxylic acids is 1. The number of primary amides is 1. The number of rotatable bonds is 7. The zero-order chi connectivity index (χ0) is 24.4. The number of benzene rings is 2. The van der Waals surface area contributed by atoms with Crippen molar-refractivity contribution < 1.29 is 28.6 Å². The van der Waals surface area contributed by atoms with E-state index in [-0.39, 0.29) is 24.9 Å². The molecule has 0 aliphatic carbocycles. The third-order valence-corrected chi connectivity index (χ3v) is 6.44. The minimum Gasteiger partial charge on any atom is -0.489 e. The largest absolute Gasteiger partial charge is 0.489 e. The number of amides is 2. The Hall–Kier alpha value is -3.13. The van der Waals surface area contributed by atoms with Gasteiger partial charge in [0, 0.05) is 18.6 Å². The number of nitrogens with zero attached hydrogens (tertiary/aromatic N) is 1. The Morgan fingerprint density at radius 1 is 1.18 bits per heavy atom. The summed E-state index contributed by atoms with van der Waals surface area (Å²) in [5.74, 6) is -0.904. The number of hydrogen-bond acceptors (Lipinski definition) is 4. The van der Waals surface area contributed by atoms with Crippen molar-refractivity contribution in [1.82, 2.24) is 4.90 Å². The molecule has 0 saturated carbocycles. The lowest BCUT2D eigenvalue weighted by molar-refractivity contribution is -0.137.